The summed E-state index contributed by atoms with van der Waals surface area (Å²) in [6, 6.07) is 19.5. The summed E-state index contributed by atoms with van der Waals surface area (Å²) in [5, 5.41) is 3.54. The van der Waals surface area contributed by atoms with Gasteiger partial charge in [-0.2, -0.15) is 0 Å². The zero-order valence-corrected chi connectivity index (χ0v) is 21.0. The third-order valence-corrected chi connectivity index (χ3v) is 6.49. The normalized spacial score (nSPS) is 14.6. The number of rotatable bonds is 6. The van der Waals surface area contributed by atoms with Gasteiger partial charge in [-0.3, -0.25) is 14.5 Å². The second-order valence-electron chi connectivity index (χ2n) is 7.42. The van der Waals surface area contributed by atoms with Gasteiger partial charge in [-0.05, 0) is 66.6 Å². The fourth-order valence-electron chi connectivity index (χ4n) is 3.24. The number of ether oxygens (including phenoxy) is 1. The number of halogens is 2. The number of anilines is 2. The number of nitrogens with zero attached hydrogens (tertiary/aromatic N) is 1. The Balaban J connectivity index is 1.37. The summed E-state index contributed by atoms with van der Waals surface area (Å²) in [5.74, 6) is 0.0182. The fraction of sp³-hybridized carbons (Fsp3) is 0.0800. The minimum atomic E-state index is -0.345. The maximum Gasteiger partial charge on any atom is 0.270 e. The summed E-state index contributed by atoms with van der Waals surface area (Å²) < 4.78 is 6.04. The van der Waals surface area contributed by atoms with E-state index >= 15 is 0 Å². The average molecular weight is 529 g/mol. The van der Waals surface area contributed by atoms with Crippen LogP contribution in [-0.4, -0.2) is 22.7 Å². The Bertz CT molecular complexity index is 1290. The maximum atomic E-state index is 12.9. The van der Waals surface area contributed by atoms with Crippen LogP contribution in [0.4, 0.5) is 11.4 Å². The molecule has 0 spiro atoms. The molecule has 0 aromatic heterocycles. The summed E-state index contributed by atoms with van der Waals surface area (Å²) in [4.78, 5) is 27.2. The molecular weight excluding hydrogens is 511 g/mol. The lowest BCUT2D eigenvalue weighted by Crippen LogP contribution is -2.27. The first-order chi connectivity index (χ1) is 16.3. The van der Waals surface area contributed by atoms with Gasteiger partial charge >= 0.3 is 0 Å². The molecule has 3 aromatic carbocycles. The highest BCUT2D eigenvalue weighted by molar-refractivity contribution is 8.27. The molecule has 1 heterocycles. The fourth-order valence-corrected chi connectivity index (χ4v) is 5.07. The lowest BCUT2D eigenvalue weighted by molar-refractivity contribution is -0.118. The zero-order chi connectivity index (χ0) is 24.2. The zero-order valence-electron chi connectivity index (χ0n) is 17.9. The van der Waals surface area contributed by atoms with Crippen LogP contribution in [0.2, 0.25) is 10.0 Å². The number of nitrogens with one attached hydrogen (secondary N) is 1. The Morgan fingerprint density at radius 3 is 2.47 bits per heavy atom. The molecule has 172 valence electrons. The summed E-state index contributed by atoms with van der Waals surface area (Å²) in [6.45, 7) is 1.79. The molecule has 0 radical (unpaired) electrons. The first-order valence-electron chi connectivity index (χ1n) is 10.1. The number of carbonyl (C=O) groups is 2. The van der Waals surface area contributed by atoms with Crippen LogP contribution in [0.5, 0.6) is 5.75 Å². The van der Waals surface area contributed by atoms with Crippen molar-refractivity contribution in [2.24, 2.45) is 0 Å². The molecule has 0 atom stereocenters. The van der Waals surface area contributed by atoms with E-state index in [-0.39, 0.29) is 18.4 Å². The molecule has 0 saturated carbocycles. The van der Waals surface area contributed by atoms with Crippen LogP contribution in [0.25, 0.3) is 6.08 Å². The molecule has 34 heavy (non-hydrogen) atoms. The van der Waals surface area contributed by atoms with Crippen LogP contribution in [0.15, 0.2) is 71.6 Å². The van der Waals surface area contributed by atoms with E-state index in [1.165, 1.54) is 11.8 Å². The van der Waals surface area contributed by atoms with Crippen molar-refractivity contribution in [3.63, 3.8) is 0 Å². The van der Waals surface area contributed by atoms with E-state index < -0.39 is 0 Å². The van der Waals surface area contributed by atoms with Gasteiger partial charge in [0.15, 0.2) is 10.9 Å². The maximum absolute atomic E-state index is 12.9. The van der Waals surface area contributed by atoms with Crippen molar-refractivity contribution < 1.29 is 14.3 Å². The van der Waals surface area contributed by atoms with Crippen LogP contribution in [-0.2, 0) is 9.59 Å². The summed E-state index contributed by atoms with van der Waals surface area (Å²) in [6.07, 6.45) is 1.79. The van der Waals surface area contributed by atoms with E-state index in [1.54, 1.807) is 41.3 Å². The largest absolute Gasteiger partial charge is 0.484 e. The Kier molecular flexibility index (Phi) is 7.58. The van der Waals surface area contributed by atoms with E-state index in [9.17, 15) is 9.59 Å². The van der Waals surface area contributed by atoms with Crippen LogP contribution < -0.4 is 15.0 Å². The van der Waals surface area contributed by atoms with E-state index in [2.05, 4.69) is 5.32 Å². The number of aryl methyl sites for hydroxylation is 1. The van der Waals surface area contributed by atoms with Crippen molar-refractivity contribution in [1.82, 2.24) is 0 Å². The standard InChI is InChI=1S/C25H18Cl2N2O3S2/c1-15-3-2-4-20(9-15)29-24(31)22(34-25(29)33)10-16-5-7-21(8-6-16)32-14-23(30)28-19-12-17(26)11-18(27)13-19/h2-13H,14H2,1H3,(H,28,30)/b22-10-. The SMILES string of the molecule is Cc1cccc(N2C(=O)/C(=C/c3ccc(OCC(=O)Nc4cc(Cl)cc(Cl)c4)cc3)SC2=S)c1. The molecule has 1 aliphatic heterocycles. The lowest BCUT2D eigenvalue weighted by Gasteiger charge is -2.14. The van der Waals surface area contributed by atoms with Gasteiger partial charge in [-0.25, -0.2) is 0 Å². The van der Waals surface area contributed by atoms with Crippen molar-refractivity contribution >= 4 is 80.8 Å². The molecule has 0 bridgehead atoms. The van der Waals surface area contributed by atoms with Gasteiger partial charge in [0.2, 0.25) is 0 Å². The molecule has 3 aromatic rings. The first-order valence-corrected chi connectivity index (χ1v) is 12.1. The topological polar surface area (TPSA) is 58.6 Å². The van der Waals surface area contributed by atoms with Crippen molar-refractivity contribution in [3.8, 4) is 5.75 Å². The molecular formula is C25H18Cl2N2O3S2. The van der Waals surface area contributed by atoms with E-state index in [0.29, 0.717) is 30.7 Å². The first kappa shape index (κ1) is 24.3. The van der Waals surface area contributed by atoms with Gasteiger partial charge in [0.25, 0.3) is 11.8 Å². The van der Waals surface area contributed by atoms with E-state index in [4.69, 9.17) is 40.2 Å². The third-order valence-electron chi connectivity index (χ3n) is 4.75. The number of amides is 2. The molecule has 1 aliphatic rings. The Morgan fingerprint density at radius 1 is 1.09 bits per heavy atom. The third kappa shape index (κ3) is 5.98. The second kappa shape index (κ2) is 10.6. The Morgan fingerprint density at radius 2 is 1.79 bits per heavy atom. The number of carbonyl (C=O) groups excluding carboxylic acids is 2. The van der Waals surface area contributed by atoms with Gasteiger partial charge in [0.1, 0.15) is 5.75 Å². The molecule has 0 unspecified atom stereocenters. The molecule has 5 nitrogen and oxygen atoms in total. The minimum absolute atomic E-state index is 0.154. The molecule has 1 fully saturated rings. The van der Waals surface area contributed by atoms with Crippen molar-refractivity contribution in [1.29, 1.82) is 0 Å². The smallest absolute Gasteiger partial charge is 0.270 e. The minimum Gasteiger partial charge on any atom is -0.484 e. The highest BCUT2D eigenvalue weighted by atomic mass is 35.5. The molecule has 1 saturated heterocycles. The Labute approximate surface area is 216 Å². The number of hydrogen-bond acceptors (Lipinski definition) is 5. The lowest BCUT2D eigenvalue weighted by atomic mass is 10.2. The second-order valence-corrected chi connectivity index (χ2v) is 9.97. The molecule has 2 amide bonds. The molecule has 0 aliphatic carbocycles. The summed E-state index contributed by atoms with van der Waals surface area (Å²) in [7, 11) is 0. The van der Waals surface area contributed by atoms with Crippen LogP contribution in [0.1, 0.15) is 11.1 Å². The van der Waals surface area contributed by atoms with Gasteiger partial charge in [-0.1, -0.05) is 71.4 Å². The predicted octanol–water partition coefficient (Wildman–Crippen LogP) is 6.73. The number of thiocarbonyl (C=S) groups is 1. The number of thioether (sulfide) groups is 1. The monoisotopic (exact) mass is 528 g/mol. The number of benzene rings is 3. The van der Waals surface area contributed by atoms with E-state index in [0.717, 1.165) is 16.8 Å². The molecule has 1 N–H and O–H groups in total. The average Bonchev–Trinajstić information content (AvgIpc) is 3.05. The van der Waals surface area contributed by atoms with Gasteiger partial charge in [0.05, 0.1) is 10.6 Å². The summed E-state index contributed by atoms with van der Waals surface area (Å²) in [5.41, 5.74) is 3.11. The van der Waals surface area contributed by atoms with E-state index in [1.807, 2.05) is 43.3 Å². The van der Waals surface area contributed by atoms with Crippen LogP contribution >= 0.6 is 47.2 Å². The molecule has 4 rings (SSSR count). The quantitative estimate of drug-likeness (QED) is 0.284. The Hall–Kier alpha value is -2.84. The van der Waals surface area contributed by atoms with Crippen molar-refractivity contribution in [3.05, 3.63) is 92.8 Å². The van der Waals surface area contributed by atoms with Crippen molar-refractivity contribution in [2.45, 2.75) is 6.92 Å². The predicted molar refractivity (Wildman–Crippen MR) is 144 cm³/mol. The van der Waals surface area contributed by atoms with Gasteiger partial charge in [-0.15, -0.1) is 0 Å². The number of hydrogen-bond donors (Lipinski definition) is 1. The highest BCUT2D eigenvalue weighted by Crippen LogP contribution is 2.36. The van der Waals surface area contributed by atoms with Crippen LogP contribution in [0.3, 0.4) is 0 Å². The summed E-state index contributed by atoms with van der Waals surface area (Å²) >= 11 is 18.6. The van der Waals surface area contributed by atoms with Gasteiger partial charge in [0, 0.05) is 15.7 Å². The van der Waals surface area contributed by atoms with Crippen LogP contribution in [0, 0.1) is 6.92 Å². The molecule has 9 heteroatoms. The highest BCUT2D eigenvalue weighted by Gasteiger charge is 2.33. The van der Waals surface area contributed by atoms with Crippen molar-refractivity contribution in [2.75, 3.05) is 16.8 Å². The van der Waals surface area contributed by atoms with Gasteiger partial charge < -0.3 is 10.1 Å².